The second kappa shape index (κ2) is 12.7. The van der Waals surface area contributed by atoms with E-state index in [0.29, 0.717) is 32.2 Å². The maximum Gasteiger partial charge on any atom is 0.303 e. The van der Waals surface area contributed by atoms with Gasteiger partial charge in [0, 0.05) is 17.8 Å². The van der Waals surface area contributed by atoms with Gasteiger partial charge in [-0.25, -0.2) is 4.39 Å². The summed E-state index contributed by atoms with van der Waals surface area (Å²) in [5, 5.41) is 8.92. The first-order valence-electron chi connectivity index (χ1n) is 14.0. The largest absolute Gasteiger partial charge is 0.481 e. The summed E-state index contributed by atoms with van der Waals surface area (Å²) < 4.78 is 25.8. The standard InChI is InChI=1S/C34H37FO4/c35-29-18-12-25(13-19-29)20-21-38-23-30-31(10-6-1-2-7-11-33(36)37)34(22-32(30)39-24-34)28-16-14-27(15-17-28)26-8-4-3-5-9-26/h1,3-6,8-9,12-19,30-32H,2,7,10-11,20-24H2,(H,36,37)/b6-1-/t30-,31-,32-,34-/m0/s1. The zero-order chi connectivity index (χ0) is 27.1. The monoisotopic (exact) mass is 528 g/mol. The Kier molecular flexibility index (Phi) is 8.90. The van der Waals surface area contributed by atoms with Gasteiger partial charge in [0.25, 0.3) is 0 Å². The maximum atomic E-state index is 13.2. The van der Waals surface area contributed by atoms with Crippen LogP contribution in [0.2, 0.25) is 0 Å². The van der Waals surface area contributed by atoms with Crippen molar-refractivity contribution >= 4 is 5.97 Å². The minimum absolute atomic E-state index is 0.0593. The number of hydrogen-bond donors (Lipinski definition) is 1. The highest BCUT2D eigenvalue weighted by Crippen LogP contribution is 2.56. The molecule has 0 amide bonds. The SMILES string of the molecule is O=C(O)CCC/C=C\C[C@H]1[C@H](COCCc2ccc(F)cc2)[C@@H]2C[C@@]1(c1ccc(-c3ccccc3)cc1)CO2. The summed E-state index contributed by atoms with van der Waals surface area (Å²) in [4.78, 5) is 10.8. The van der Waals surface area contributed by atoms with E-state index in [-0.39, 0.29) is 29.7 Å². The van der Waals surface area contributed by atoms with Crippen LogP contribution in [0.3, 0.4) is 0 Å². The molecule has 3 aromatic carbocycles. The van der Waals surface area contributed by atoms with Crippen molar-refractivity contribution in [1.82, 2.24) is 0 Å². The van der Waals surface area contributed by atoms with Crippen molar-refractivity contribution in [2.45, 2.75) is 50.0 Å². The molecular weight excluding hydrogens is 491 g/mol. The van der Waals surface area contributed by atoms with Crippen LogP contribution < -0.4 is 0 Å². The Balaban J connectivity index is 1.29. The molecule has 5 heteroatoms. The van der Waals surface area contributed by atoms with Gasteiger partial charge in [-0.15, -0.1) is 0 Å². The lowest BCUT2D eigenvalue weighted by molar-refractivity contribution is -0.137. The van der Waals surface area contributed by atoms with Crippen LogP contribution in [0, 0.1) is 17.7 Å². The van der Waals surface area contributed by atoms with Gasteiger partial charge in [0.15, 0.2) is 0 Å². The molecule has 1 heterocycles. The zero-order valence-corrected chi connectivity index (χ0v) is 22.3. The highest BCUT2D eigenvalue weighted by molar-refractivity contribution is 5.66. The molecule has 39 heavy (non-hydrogen) atoms. The highest BCUT2D eigenvalue weighted by atomic mass is 19.1. The molecule has 0 spiro atoms. The number of ether oxygens (including phenoxy) is 2. The summed E-state index contributed by atoms with van der Waals surface area (Å²) in [5.74, 6) is -0.311. The summed E-state index contributed by atoms with van der Waals surface area (Å²) >= 11 is 0. The average Bonchev–Trinajstić information content (AvgIpc) is 3.53. The third kappa shape index (κ3) is 6.48. The van der Waals surface area contributed by atoms with E-state index in [1.807, 2.05) is 18.2 Å². The predicted molar refractivity (Wildman–Crippen MR) is 151 cm³/mol. The smallest absolute Gasteiger partial charge is 0.303 e. The number of halogens is 1. The molecule has 5 rings (SSSR count). The fraction of sp³-hybridized carbons (Fsp3) is 0.382. The molecule has 204 valence electrons. The Hall–Kier alpha value is -3.28. The van der Waals surface area contributed by atoms with Gasteiger partial charge in [-0.1, -0.05) is 78.9 Å². The Morgan fingerprint density at radius 1 is 1.00 bits per heavy atom. The number of rotatable bonds is 13. The van der Waals surface area contributed by atoms with E-state index in [2.05, 4.69) is 60.7 Å². The van der Waals surface area contributed by atoms with Gasteiger partial charge in [-0.2, -0.15) is 0 Å². The predicted octanol–water partition coefficient (Wildman–Crippen LogP) is 7.23. The lowest BCUT2D eigenvalue weighted by Gasteiger charge is -2.39. The number of fused-ring (bicyclic) bond motifs is 2. The molecule has 2 fully saturated rings. The molecule has 1 aliphatic carbocycles. The molecule has 3 aromatic rings. The first-order valence-corrected chi connectivity index (χ1v) is 14.0. The van der Waals surface area contributed by atoms with E-state index in [9.17, 15) is 9.18 Å². The number of allylic oxidation sites excluding steroid dienone is 2. The average molecular weight is 529 g/mol. The molecule has 2 aliphatic rings. The van der Waals surface area contributed by atoms with Crippen molar-refractivity contribution in [3.05, 3.63) is 108 Å². The van der Waals surface area contributed by atoms with E-state index < -0.39 is 5.97 Å². The summed E-state index contributed by atoms with van der Waals surface area (Å²) in [7, 11) is 0. The fourth-order valence-electron chi connectivity index (χ4n) is 6.39. The lowest BCUT2D eigenvalue weighted by atomic mass is 9.69. The molecular formula is C34H37FO4. The number of carbonyl (C=O) groups is 1. The number of hydrogen-bond acceptors (Lipinski definition) is 3. The van der Waals surface area contributed by atoms with E-state index in [1.54, 1.807) is 0 Å². The normalized spacial score (nSPS) is 24.0. The van der Waals surface area contributed by atoms with Crippen LogP contribution in [0.15, 0.2) is 91.0 Å². The highest BCUT2D eigenvalue weighted by Gasteiger charge is 2.59. The van der Waals surface area contributed by atoms with Crippen molar-refractivity contribution in [1.29, 1.82) is 0 Å². The third-order valence-corrected chi connectivity index (χ3v) is 8.47. The van der Waals surface area contributed by atoms with E-state index in [0.717, 1.165) is 31.2 Å². The molecule has 1 N–H and O–H groups in total. The number of aliphatic carboxylic acids is 1. The second-order valence-electron chi connectivity index (χ2n) is 10.9. The van der Waals surface area contributed by atoms with Crippen molar-refractivity contribution in [3.63, 3.8) is 0 Å². The minimum Gasteiger partial charge on any atom is -0.481 e. The number of carboxylic acids is 1. The minimum atomic E-state index is -0.746. The fourth-order valence-corrected chi connectivity index (χ4v) is 6.39. The van der Waals surface area contributed by atoms with Crippen LogP contribution in [0.1, 0.15) is 43.2 Å². The quantitative estimate of drug-likeness (QED) is 0.188. The van der Waals surface area contributed by atoms with Gasteiger partial charge in [-0.05, 0) is 72.4 Å². The van der Waals surface area contributed by atoms with Crippen molar-refractivity contribution in [2.75, 3.05) is 19.8 Å². The first-order chi connectivity index (χ1) is 19.0. The van der Waals surface area contributed by atoms with Gasteiger partial charge < -0.3 is 14.6 Å². The molecule has 0 aromatic heterocycles. The molecule has 0 unspecified atom stereocenters. The van der Waals surface area contributed by atoms with Crippen LogP contribution >= 0.6 is 0 Å². The van der Waals surface area contributed by atoms with E-state index in [4.69, 9.17) is 14.6 Å². The number of unbranched alkanes of at least 4 members (excludes halogenated alkanes) is 1. The molecule has 1 aliphatic heterocycles. The summed E-state index contributed by atoms with van der Waals surface area (Å²) in [6.45, 7) is 1.94. The molecule has 1 saturated heterocycles. The van der Waals surface area contributed by atoms with Gasteiger partial charge in [0.1, 0.15) is 5.82 Å². The topological polar surface area (TPSA) is 55.8 Å². The van der Waals surface area contributed by atoms with Crippen molar-refractivity contribution in [2.24, 2.45) is 11.8 Å². The number of carboxylic acid groups (broad SMARTS) is 1. The van der Waals surface area contributed by atoms with E-state index in [1.165, 1.54) is 28.8 Å². The Morgan fingerprint density at radius 2 is 1.74 bits per heavy atom. The summed E-state index contributed by atoms with van der Waals surface area (Å²) in [6, 6.07) is 26.0. The van der Waals surface area contributed by atoms with Crippen molar-refractivity contribution < 1.29 is 23.8 Å². The van der Waals surface area contributed by atoms with Gasteiger partial charge in [-0.3, -0.25) is 4.79 Å². The number of benzene rings is 3. The maximum absolute atomic E-state index is 13.2. The van der Waals surface area contributed by atoms with Crippen LogP contribution in [0.4, 0.5) is 4.39 Å². The first kappa shape index (κ1) is 27.3. The van der Waals surface area contributed by atoms with Gasteiger partial charge in [0.05, 0.1) is 25.9 Å². The molecule has 1 saturated carbocycles. The Labute approximate surface area is 230 Å². The zero-order valence-electron chi connectivity index (χ0n) is 22.3. The van der Waals surface area contributed by atoms with Crippen LogP contribution in [0.5, 0.6) is 0 Å². The molecule has 0 radical (unpaired) electrons. The third-order valence-electron chi connectivity index (χ3n) is 8.47. The molecule has 2 bridgehead atoms. The Morgan fingerprint density at radius 3 is 2.49 bits per heavy atom. The van der Waals surface area contributed by atoms with Crippen LogP contribution in [-0.2, 0) is 26.1 Å². The second-order valence-corrected chi connectivity index (χ2v) is 10.9. The van der Waals surface area contributed by atoms with Crippen LogP contribution in [-0.4, -0.2) is 37.0 Å². The van der Waals surface area contributed by atoms with Gasteiger partial charge >= 0.3 is 5.97 Å². The Bertz CT molecular complexity index is 1240. The van der Waals surface area contributed by atoms with Crippen LogP contribution in [0.25, 0.3) is 11.1 Å². The summed E-state index contributed by atoms with van der Waals surface area (Å²) in [6.07, 6.45) is 8.81. The molecule has 4 atom stereocenters. The lowest BCUT2D eigenvalue weighted by Crippen LogP contribution is -2.41. The van der Waals surface area contributed by atoms with E-state index >= 15 is 0 Å². The molecule has 4 nitrogen and oxygen atoms in total. The van der Waals surface area contributed by atoms with Crippen molar-refractivity contribution in [3.8, 4) is 11.1 Å². The van der Waals surface area contributed by atoms with Gasteiger partial charge in [0.2, 0.25) is 0 Å². The summed E-state index contributed by atoms with van der Waals surface area (Å²) in [5.41, 5.74) is 4.75.